The van der Waals surface area contributed by atoms with Crippen molar-refractivity contribution in [2.24, 2.45) is 0 Å². The van der Waals surface area contributed by atoms with E-state index in [-0.39, 0.29) is 5.56 Å². The molecule has 3 nitrogen and oxygen atoms in total. The normalized spacial score (nSPS) is 10.1. The van der Waals surface area contributed by atoms with Crippen LogP contribution in [0.3, 0.4) is 0 Å². The maximum atomic E-state index is 10.6. The number of benzene rings is 2. The molecule has 0 atom stereocenters. The quantitative estimate of drug-likeness (QED) is 0.821. The summed E-state index contributed by atoms with van der Waals surface area (Å²) in [7, 11) is 0. The van der Waals surface area contributed by atoms with Crippen molar-refractivity contribution in [2.45, 2.75) is 13.5 Å². The fraction of sp³-hybridized carbons (Fsp3) is 0.133. The lowest BCUT2D eigenvalue weighted by atomic mass is 10.1. The zero-order chi connectivity index (χ0) is 13.0. The first-order valence-corrected chi connectivity index (χ1v) is 5.65. The van der Waals surface area contributed by atoms with Crippen molar-refractivity contribution in [1.82, 2.24) is 0 Å². The number of carboxylic acid groups (broad SMARTS) is 1. The SMILES string of the molecule is Cc1ccccc1OCc1ccc(C(=O)[O-])cc1. The third-order valence-corrected chi connectivity index (χ3v) is 2.68. The summed E-state index contributed by atoms with van der Waals surface area (Å²) >= 11 is 0. The summed E-state index contributed by atoms with van der Waals surface area (Å²) in [5, 5.41) is 10.6. The van der Waals surface area contributed by atoms with E-state index in [4.69, 9.17) is 4.74 Å². The smallest absolute Gasteiger partial charge is 0.122 e. The summed E-state index contributed by atoms with van der Waals surface area (Å²) in [6.07, 6.45) is 0. The molecule has 0 radical (unpaired) electrons. The molecule has 0 amide bonds. The highest BCUT2D eigenvalue weighted by atomic mass is 16.5. The number of carbonyl (C=O) groups is 1. The number of para-hydroxylation sites is 1. The fourth-order valence-electron chi connectivity index (χ4n) is 1.62. The predicted octanol–water partition coefficient (Wildman–Crippen LogP) is 1.94. The molecular weight excluding hydrogens is 228 g/mol. The molecule has 0 aromatic heterocycles. The minimum Gasteiger partial charge on any atom is -0.545 e. The monoisotopic (exact) mass is 241 g/mol. The average molecular weight is 241 g/mol. The van der Waals surface area contributed by atoms with Crippen molar-refractivity contribution in [1.29, 1.82) is 0 Å². The topological polar surface area (TPSA) is 49.4 Å². The third-order valence-electron chi connectivity index (χ3n) is 2.68. The summed E-state index contributed by atoms with van der Waals surface area (Å²) in [6, 6.07) is 14.3. The van der Waals surface area contributed by atoms with E-state index < -0.39 is 5.97 Å². The Kier molecular flexibility index (Phi) is 3.63. The zero-order valence-corrected chi connectivity index (χ0v) is 10.1. The Labute approximate surface area is 106 Å². The van der Waals surface area contributed by atoms with Crippen LogP contribution in [0.4, 0.5) is 0 Å². The molecule has 0 heterocycles. The molecule has 0 unspecified atom stereocenters. The second kappa shape index (κ2) is 5.36. The van der Waals surface area contributed by atoms with E-state index in [2.05, 4.69) is 0 Å². The van der Waals surface area contributed by atoms with Gasteiger partial charge in [0, 0.05) is 0 Å². The Morgan fingerprint density at radius 2 is 1.78 bits per heavy atom. The van der Waals surface area contributed by atoms with Gasteiger partial charge in [0.15, 0.2) is 0 Å². The zero-order valence-electron chi connectivity index (χ0n) is 10.1. The Morgan fingerprint density at radius 1 is 1.11 bits per heavy atom. The lowest BCUT2D eigenvalue weighted by molar-refractivity contribution is -0.255. The molecular formula is C15H13O3-. The van der Waals surface area contributed by atoms with Gasteiger partial charge in [0.2, 0.25) is 0 Å². The van der Waals surface area contributed by atoms with Gasteiger partial charge in [-0.3, -0.25) is 0 Å². The molecule has 2 rings (SSSR count). The van der Waals surface area contributed by atoms with Gasteiger partial charge >= 0.3 is 0 Å². The maximum Gasteiger partial charge on any atom is 0.122 e. The Hall–Kier alpha value is -2.29. The van der Waals surface area contributed by atoms with Crippen molar-refractivity contribution >= 4 is 5.97 Å². The van der Waals surface area contributed by atoms with Crippen LogP contribution < -0.4 is 9.84 Å². The van der Waals surface area contributed by atoms with E-state index in [1.165, 1.54) is 12.1 Å². The second-order valence-corrected chi connectivity index (χ2v) is 4.04. The molecule has 0 fully saturated rings. The predicted molar refractivity (Wildman–Crippen MR) is 66.3 cm³/mol. The highest BCUT2D eigenvalue weighted by molar-refractivity contribution is 5.85. The van der Waals surface area contributed by atoms with Gasteiger partial charge in [0.1, 0.15) is 12.4 Å². The number of rotatable bonds is 4. The van der Waals surface area contributed by atoms with E-state index in [9.17, 15) is 9.90 Å². The molecule has 0 N–H and O–H groups in total. The number of aryl methyl sites for hydroxylation is 1. The third kappa shape index (κ3) is 2.88. The second-order valence-electron chi connectivity index (χ2n) is 4.04. The van der Waals surface area contributed by atoms with Crippen molar-refractivity contribution in [3.8, 4) is 5.75 Å². The first-order valence-electron chi connectivity index (χ1n) is 5.65. The van der Waals surface area contributed by atoms with E-state index in [0.717, 1.165) is 16.9 Å². The number of hydrogen-bond acceptors (Lipinski definition) is 3. The van der Waals surface area contributed by atoms with E-state index in [1.807, 2.05) is 31.2 Å². The van der Waals surface area contributed by atoms with Gasteiger partial charge < -0.3 is 14.6 Å². The lowest BCUT2D eigenvalue weighted by Gasteiger charge is -2.09. The molecule has 0 aliphatic carbocycles. The maximum absolute atomic E-state index is 10.6. The number of carboxylic acids is 1. The van der Waals surface area contributed by atoms with Gasteiger partial charge in [-0.15, -0.1) is 0 Å². The first kappa shape index (κ1) is 12.2. The summed E-state index contributed by atoms with van der Waals surface area (Å²) in [5.74, 6) is -0.331. The standard InChI is InChI=1S/C15H14O3/c1-11-4-2-3-5-14(11)18-10-12-6-8-13(9-7-12)15(16)17/h2-9H,10H2,1H3,(H,16,17)/p-1. The highest BCUT2D eigenvalue weighted by Crippen LogP contribution is 2.17. The van der Waals surface area contributed by atoms with Crippen LogP contribution in [0.25, 0.3) is 0 Å². The summed E-state index contributed by atoms with van der Waals surface area (Å²) < 4.78 is 5.66. The summed E-state index contributed by atoms with van der Waals surface area (Å²) in [4.78, 5) is 10.6. The van der Waals surface area contributed by atoms with Crippen molar-refractivity contribution < 1.29 is 14.6 Å². The molecule has 92 valence electrons. The van der Waals surface area contributed by atoms with Crippen molar-refractivity contribution in [3.63, 3.8) is 0 Å². The lowest BCUT2D eigenvalue weighted by Crippen LogP contribution is -2.22. The van der Waals surface area contributed by atoms with Crippen LogP contribution in [0.2, 0.25) is 0 Å². The minimum atomic E-state index is -1.17. The molecule has 0 saturated carbocycles. The van der Waals surface area contributed by atoms with E-state index >= 15 is 0 Å². The van der Waals surface area contributed by atoms with Crippen LogP contribution in [0.1, 0.15) is 21.5 Å². The van der Waals surface area contributed by atoms with Crippen LogP contribution in [0, 0.1) is 6.92 Å². The van der Waals surface area contributed by atoms with Crippen LogP contribution in [-0.4, -0.2) is 5.97 Å². The largest absolute Gasteiger partial charge is 0.545 e. The number of ether oxygens (including phenoxy) is 1. The van der Waals surface area contributed by atoms with Gasteiger partial charge in [0.05, 0.1) is 5.97 Å². The molecule has 3 heteroatoms. The van der Waals surface area contributed by atoms with Crippen molar-refractivity contribution in [3.05, 3.63) is 65.2 Å². The molecule has 2 aromatic carbocycles. The molecule has 0 bridgehead atoms. The first-order chi connectivity index (χ1) is 8.66. The van der Waals surface area contributed by atoms with Gasteiger partial charge in [-0.2, -0.15) is 0 Å². The van der Waals surface area contributed by atoms with Gasteiger partial charge in [-0.1, -0.05) is 42.5 Å². The number of aromatic carboxylic acids is 1. The average Bonchev–Trinajstić information content (AvgIpc) is 2.38. The molecule has 0 aliphatic heterocycles. The van der Waals surface area contributed by atoms with Crippen LogP contribution in [0.5, 0.6) is 5.75 Å². The van der Waals surface area contributed by atoms with Crippen LogP contribution in [-0.2, 0) is 6.61 Å². The van der Waals surface area contributed by atoms with Crippen LogP contribution in [0.15, 0.2) is 48.5 Å². The number of hydrogen-bond donors (Lipinski definition) is 0. The Bertz CT molecular complexity index is 544. The highest BCUT2D eigenvalue weighted by Gasteiger charge is 1.99. The molecule has 18 heavy (non-hydrogen) atoms. The number of carbonyl (C=O) groups excluding carboxylic acids is 1. The molecule has 0 spiro atoms. The van der Waals surface area contributed by atoms with Gasteiger partial charge in [-0.05, 0) is 29.7 Å². The minimum absolute atomic E-state index is 0.176. The van der Waals surface area contributed by atoms with E-state index in [0.29, 0.717) is 6.61 Å². The van der Waals surface area contributed by atoms with Gasteiger partial charge in [-0.25, -0.2) is 0 Å². The Morgan fingerprint density at radius 3 is 2.39 bits per heavy atom. The van der Waals surface area contributed by atoms with Gasteiger partial charge in [0.25, 0.3) is 0 Å². The fourth-order valence-corrected chi connectivity index (χ4v) is 1.62. The molecule has 2 aromatic rings. The van der Waals surface area contributed by atoms with E-state index in [1.54, 1.807) is 12.1 Å². The molecule has 0 saturated heterocycles. The Balaban J connectivity index is 2.02. The molecule has 0 aliphatic rings. The van der Waals surface area contributed by atoms with Crippen LogP contribution >= 0.6 is 0 Å². The summed E-state index contributed by atoms with van der Waals surface area (Å²) in [6.45, 7) is 2.40. The summed E-state index contributed by atoms with van der Waals surface area (Å²) in [5.41, 5.74) is 2.17. The van der Waals surface area contributed by atoms with Crippen molar-refractivity contribution in [2.75, 3.05) is 0 Å².